The lowest BCUT2D eigenvalue weighted by Gasteiger charge is -2.15. The van der Waals surface area contributed by atoms with Crippen LogP contribution < -0.4 is 20.1 Å². The first kappa shape index (κ1) is 15.5. The quantitative estimate of drug-likeness (QED) is 0.757. The third kappa shape index (κ3) is 3.41. The first-order valence-electron chi connectivity index (χ1n) is 6.63. The number of para-hydroxylation sites is 1. The molecule has 2 rings (SSSR count). The van der Waals surface area contributed by atoms with E-state index in [0.29, 0.717) is 22.9 Å². The van der Waals surface area contributed by atoms with Gasteiger partial charge in [0.25, 0.3) is 0 Å². The van der Waals surface area contributed by atoms with Crippen LogP contribution in [-0.4, -0.2) is 25.4 Å². The van der Waals surface area contributed by atoms with Gasteiger partial charge in [0.2, 0.25) is 0 Å². The number of benzene rings is 2. The summed E-state index contributed by atoms with van der Waals surface area (Å²) in [6, 6.07) is 9.49. The maximum atomic E-state index is 12.2. The van der Waals surface area contributed by atoms with Gasteiger partial charge >= 0.3 is 6.03 Å². The average molecular weight is 302 g/mol. The highest BCUT2D eigenvalue weighted by Crippen LogP contribution is 2.34. The van der Waals surface area contributed by atoms with E-state index in [1.807, 2.05) is 0 Å². The van der Waals surface area contributed by atoms with Gasteiger partial charge in [0.15, 0.2) is 0 Å². The highest BCUT2D eigenvalue weighted by Gasteiger charge is 2.13. The van der Waals surface area contributed by atoms with Crippen LogP contribution in [-0.2, 0) is 0 Å². The molecule has 0 aliphatic rings. The molecule has 0 unspecified atom stereocenters. The SMILES string of the molecule is COc1cccc(OC)c1NC(=O)Nc1ccc(O)cc1C. The van der Waals surface area contributed by atoms with Crippen LogP contribution in [0.5, 0.6) is 17.2 Å². The fourth-order valence-corrected chi connectivity index (χ4v) is 2.03. The van der Waals surface area contributed by atoms with Crippen molar-refractivity contribution in [3.05, 3.63) is 42.0 Å². The Kier molecular flexibility index (Phi) is 4.73. The molecular formula is C16H18N2O4. The van der Waals surface area contributed by atoms with E-state index in [9.17, 15) is 9.90 Å². The molecule has 0 aliphatic heterocycles. The number of aromatic hydroxyl groups is 1. The normalized spacial score (nSPS) is 9.95. The number of rotatable bonds is 4. The third-order valence-corrected chi connectivity index (χ3v) is 3.12. The Hall–Kier alpha value is -2.89. The van der Waals surface area contributed by atoms with Crippen molar-refractivity contribution in [3.8, 4) is 17.2 Å². The zero-order chi connectivity index (χ0) is 16.1. The number of carbonyl (C=O) groups excluding carboxylic acids is 1. The standard InChI is InChI=1S/C16H18N2O4/c1-10-9-11(19)7-8-12(10)17-16(20)18-15-13(21-2)5-4-6-14(15)22-3/h4-9,19H,1-3H3,(H2,17,18,20). The van der Waals surface area contributed by atoms with Gasteiger partial charge in [-0.3, -0.25) is 0 Å². The molecule has 0 aromatic heterocycles. The predicted octanol–water partition coefficient (Wildman–Crippen LogP) is 3.36. The summed E-state index contributed by atoms with van der Waals surface area (Å²) >= 11 is 0. The number of carbonyl (C=O) groups is 1. The number of hydrogen-bond acceptors (Lipinski definition) is 4. The molecule has 0 fully saturated rings. The van der Waals surface area contributed by atoms with Crippen LogP contribution >= 0.6 is 0 Å². The highest BCUT2D eigenvalue weighted by molar-refractivity contribution is 6.02. The van der Waals surface area contributed by atoms with Crippen LogP contribution in [0, 0.1) is 6.92 Å². The molecule has 0 saturated carbocycles. The van der Waals surface area contributed by atoms with Crippen molar-refractivity contribution >= 4 is 17.4 Å². The Bertz CT molecular complexity index is 664. The second-order valence-electron chi connectivity index (χ2n) is 4.62. The fourth-order valence-electron chi connectivity index (χ4n) is 2.03. The number of amides is 2. The minimum absolute atomic E-state index is 0.148. The van der Waals surface area contributed by atoms with Crippen LogP contribution in [0.1, 0.15) is 5.56 Å². The Morgan fingerprint density at radius 3 is 2.23 bits per heavy atom. The summed E-state index contributed by atoms with van der Waals surface area (Å²) in [6.45, 7) is 1.79. The molecule has 0 bridgehead atoms. The van der Waals surface area contributed by atoms with Crippen LogP contribution in [0.25, 0.3) is 0 Å². The van der Waals surface area contributed by atoms with Gasteiger partial charge in [-0.2, -0.15) is 0 Å². The second kappa shape index (κ2) is 6.71. The number of methoxy groups -OCH3 is 2. The molecule has 0 saturated heterocycles. The molecule has 0 radical (unpaired) electrons. The van der Waals surface area contributed by atoms with E-state index in [1.54, 1.807) is 37.3 Å². The largest absolute Gasteiger partial charge is 0.508 e. The number of aryl methyl sites for hydroxylation is 1. The minimum atomic E-state index is -0.434. The lowest BCUT2D eigenvalue weighted by molar-refractivity contribution is 0.262. The first-order valence-corrected chi connectivity index (χ1v) is 6.63. The number of anilines is 2. The summed E-state index contributed by atoms with van der Waals surface area (Å²) in [6.07, 6.45) is 0. The summed E-state index contributed by atoms with van der Waals surface area (Å²) in [4.78, 5) is 12.2. The summed E-state index contributed by atoms with van der Waals surface area (Å²) in [7, 11) is 3.03. The molecule has 3 N–H and O–H groups in total. The smallest absolute Gasteiger partial charge is 0.323 e. The molecule has 6 nitrogen and oxygen atoms in total. The van der Waals surface area contributed by atoms with Crippen molar-refractivity contribution in [3.63, 3.8) is 0 Å². The molecule has 116 valence electrons. The minimum Gasteiger partial charge on any atom is -0.508 e. The van der Waals surface area contributed by atoms with E-state index < -0.39 is 6.03 Å². The van der Waals surface area contributed by atoms with Crippen LogP contribution in [0.15, 0.2) is 36.4 Å². The monoisotopic (exact) mass is 302 g/mol. The lowest BCUT2D eigenvalue weighted by atomic mass is 10.2. The summed E-state index contributed by atoms with van der Waals surface area (Å²) < 4.78 is 10.4. The lowest BCUT2D eigenvalue weighted by Crippen LogP contribution is -2.20. The second-order valence-corrected chi connectivity index (χ2v) is 4.62. The molecule has 6 heteroatoms. The molecule has 2 amide bonds. The van der Waals surface area contributed by atoms with Crippen molar-refractivity contribution in [2.75, 3.05) is 24.9 Å². The van der Waals surface area contributed by atoms with Crippen molar-refractivity contribution in [2.45, 2.75) is 6.92 Å². The Labute approximate surface area is 128 Å². The zero-order valence-electron chi connectivity index (χ0n) is 12.6. The molecule has 0 heterocycles. The van der Waals surface area contributed by atoms with Crippen molar-refractivity contribution < 1.29 is 19.4 Å². The van der Waals surface area contributed by atoms with Gasteiger partial charge in [-0.05, 0) is 42.8 Å². The van der Waals surface area contributed by atoms with Gasteiger partial charge in [-0.25, -0.2) is 4.79 Å². The number of ether oxygens (including phenoxy) is 2. The molecule has 22 heavy (non-hydrogen) atoms. The van der Waals surface area contributed by atoms with E-state index in [1.165, 1.54) is 20.3 Å². The summed E-state index contributed by atoms with van der Waals surface area (Å²) in [5.41, 5.74) is 1.80. The van der Waals surface area contributed by atoms with Crippen molar-refractivity contribution in [1.29, 1.82) is 0 Å². The molecule has 0 atom stereocenters. The molecule has 2 aromatic rings. The van der Waals surface area contributed by atoms with Crippen LogP contribution in [0.4, 0.5) is 16.2 Å². The van der Waals surface area contributed by atoms with Crippen LogP contribution in [0.2, 0.25) is 0 Å². The Balaban J connectivity index is 2.19. The molecular weight excluding hydrogens is 284 g/mol. The Morgan fingerprint density at radius 1 is 1.05 bits per heavy atom. The first-order chi connectivity index (χ1) is 10.5. The average Bonchev–Trinajstić information content (AvgIpc) is 2.50. The third-order valence-electron chi connectivity index (χ3n) is 3.12. The van der Waals surface area contributed by atoms with E-state index in [0.717, 1.165) is 5.56 Å². The predicted molar refractivity (Wildman–Crippen MR) is 85.0 cm³/mol. The van der Waals surface area contributed by atoms with Gasteiger partial charge in [-0.15, -0.1) is 0 Å². The van der Waals surface area contributed by atoms with Gasteiger partial charge in [0, 0.05) is 5.69 Å². The number of phenols is 1. The summed E-state index contributed by atoms with van der Waals surface area (Å²) in [5, 5.41) is 14.8. The van der Waals surface area contributed by atoms with E-state index in [4.69, 9.17) is 9.47 Å². The van der Waals surface area contributed by atoms with Gasteiger partial charge in [-0.1, -0.05) is 6.07 Å². The Morgan fingerprint density at radius 2 is 1.68 bits per heavy atom. The van der Waals surface area contributed by atoms with Gasteiger partial charge in [0.05, 0.1) is 14.2 Å². The highest BCUT2D eigenvalue weighted by atomic mass is 16.5. The molecule has 0 spiro atoms. The van der Waals surface area contributed by atoms with Gasteiger partial charge in [0.1, 0.15) is 22.9 Å². The number of phenolic OH excluding ortho intramolecular Hbond substituents is 1. The molecule has 0 aliphatic carbocycles. The van der Waals surface area contributed by atoms with Crippen LogP contribution in [0.3, 0.4) is 0 Å². The van der Waals surface area contributed by atoms with Gasteiger partial charge < -0.3 is 25.2 Å². The maximum Gasteiger partial charge on any atom is 0.323 e. The van der Waals surface area contributed by atoms with E-state index in [2.05, 4.69) is 10.6 Å². The molecule has 2 aromatic carbocycles. The number of nitrogens with one attached hydrogen (secondary N) is 2. The number of hydrogen-bond donors (Lipinski definition) is 3. The fraction of sp³-hybridized carbons (Fsp3) is 0.188. The zero-order valence-corrected chi connectivity index (χ0v) is 12.6. The maximum absolute atomic E-state index is 12.2. The van der Waals surface area contributed by atoms with Crippen molar-refractivity contribution in [2.24, 2.45) is 0 Å². The van der Waals surface area contributed by atoms with Crippen molar-refractivity contribution in [1.82, 2.24) is 0 Å². The summed E-state index contributed by atoms with van der Waals surface area (Å²) in [5.74, 6) is 1.14. The number of urea groups is 1. The van der Waals surface area contributed by atoms with E-state index >= 15 is 0 Å². The topological polar surface area (TPSA) is 79.8 Å². The van der Waals surface area contributed by atoms with E-state index in [-0.39, 0.29) is 5.75 Å².